The van der Waals surface area contributed by atoms with Gasteiger partial charge in [-0.1, -0.05) is 38.7 Å². The smallest absolute Gasteiger partial charge is 0.162 e. The molecule has 0 bridgehead atoms. The highest BCUT2D eigenvalue weighted by Crippen LogP contribution is 2.35. The Morgan fingerprint density at radius 1 is 1.14 bits per heavy atom. The molecule has 0 radical (unpaired) electrons. The van der Waals surface area contributed by atoms with Crippen molar-refractivity contribution in [3.8, 4) is 28.5 Å². The Kier molecular flexibility index (Phi) is 8.06. The molecule has 4 rings (SSSR count). The lowest BCUT2D eigenvalue weighted by atomic mass is 10.1. The third-order valence-corrected chi connectivity index (χ3v) is 9.67. The number of nitrogens with one attached hydrogen (secondary N) is 2. The number of hydrogen-bond donors (Lipinski definition) is 3. The lowest BCUT2D eigenvalue weighted by Gasteiger charge is -2.26. The fraction of sp³-hybridized carbons (Fsp3) is 0.538. The topological polar surface area (TPSA) is 118 Å². The predicted molar refractivity (Wildman–Crippen MR) is 144 cm³/mol. The number of anilines is 1. The summed E-state index contributed by atoms with van der Waals surface area (Å²) in [5, 5.41) is 25.2. The summed E-state index contributed by atoms with van der Waals surface area (Å²) < 4.78 is 11.3. The van der Waals surface area contributed by atoms with Crippen molar-refractivity contribution < 1.29 is 14.6 Å². The Morgan fingerprint density at radius 3 is 2.58 bits per heavy atom. The van der Waals surface area contributed by atoms with Crippen LogP contribution in [0.5, 0.6) is 5.75 Å². The molecule has 10 heteroatoms. The molecule has 1 saturated heterocycles. The van der Waals surface area contributed by atoms with Crippen molar-refractivity contribution in [2.75, 3.05) is 25.1 Å². The zero-order chi connectivity index (χ0) is 25.9. The molecule has 3 aromatic rings. The van der Waals surface area contributed by atoms with Crippen LogP contribution in [0.3, 0.4) is 0 Å². The maximum Gasteiger partial charge on any atom is 0.162 e. The standard InChI is InChI=1S/C26H38N6O3Si/c1-16(33)15-35-21-9-7-8-19(14-21)26-28-22(24-23(30-32-31-24)18(3)36(4,5)6)17(2)25(29-26)27-20-10-12-34-13-11-20/h7-9,14,16,18,20,33H,10-13,15H2,1-6H3,(H,27,28,29)(H,30,31,32). The molecular weight excluding hydrogens is 472 g/mol. The predicted octanol–water partition coefficient (Wildman–Crippen LogP) is 4.57. The summed E-state index contributed by atoms with van der Waals surface area (Å²) in [6, 6.07) is 7.94. The van der Waals surface area contributed by atoms with Crippen LogP contribution in [-0.2, 0) is 4.74 Å². The molecule has 1 aromatic carbocycles. The number of aromatic amines is 1. The second-order valence-corrected chi connectivity index (χ2v) is 16.3. The Hall–Kier alpha value is -2.82. The molecule has 1 aliphatic heterocycles. The van der Waals surface area contributed by atoms with Crippen LogP contribution in [0.4, 0.5) is 5.82 Å². The first-order valence-electron chi connectivity index (χ1n) is 12.7. The summed E-state index contributed by atoms with van der Waals surface area (Å²) >= 11 is 0. The van der Waals surface area contributed by atoms with Crippen molar-refractivity contribution in [1.82, 2.24) is 25.4 Å². The van der Waals surface area contributed by atoms with Crippen molar-refractivity contribution in [2.24, 2.45) is 0 Å². The van der Waals surface area contributed by atoms with Gasteiger partial charge in [0.15, 0.2) is 5.82 Å². The SMILES string of the molecule is Cc1c(NC2CCOCC2)nc(-c2cccc(OCC(C)O)c2)nc1-c1n[nH]nc1C(C)[Si](C)(C)C. The molecule has 36 heavy (non-hydrogen) atoms. The van der Waals surface area contributed by atoms with Crippen LogP contribution in [-0.4, -0.2) is 70.5 Å². The van der Waals surface area contributed by atoms with Gasteiger partial charge >= 0.3 is 0 Å². The first kappa shape index (κ1) is 26.2. The molecule has 2 unspecified atom stereocenters. The maximum absolute atomic E-state index is 9.61. The van der Waals surface area contributed by atoms with Crippen molar-refractivity contribution in [2.45, 2.75) is 70.9 Å². The number of aliphatic hydroxyl groups is 1. The molecular formula is C26H38N6O3Si. The minimum atomic E-state index is -1.53. The molecule has 1 aliphatic rings. The van der Waals surface area contributed by atoms with Crippen LogP contribution < -0.4 is 10.1 Å². The van der Waals surface area contributed by atoms with Gasteiger partial charge in [-0.05, 0) is 44.4 Å². The third-order valence-electron chi connectivity index (χ3n) is 6.80. The molecule has 0 amide bonds. The minimum Gasteiger partial charge on any atom is -0.491 e. The zero-order valence-corrected chi connectivity index (χ0v) is 23.1. The first-order chi connectivity index (χ1) is 17.1. The van der Waals surface area contributed by atoms with Gasteiger partial charge in [0, 0.05) is 30.4 Å². The molecule has 0 saturated carbocycles. The summed E-state index contributed by atoms with van der Waals surface area (Å²) in [6.07, 6.45) is 1.31. The molecule has 0 aliphatic carbocycles. The first-order valence-corrected chi connectivity index (χ1v) is 16.3. The largest absolute Gasteiger partial charge is 0.491 e. The van der Waals surface area contributed by atoms with Gasteiger partial charge < -0.3 is 19.9 Å². The zero-order valence-electron chi connectivity index (χ0n) is 22.1. The Morgan fingerprint density at radius 2 is 1.89 bits per heavy atom. The highest BCUT2D eigenvalue weighted by atomic mass is 28.3. The van der Waals surface area contributed by atoms with E-state index < -0.39 is 14.2 Å². The van der Waals surface area contributed by atoms with Crippen molar-refractivity contribution in [3.63, 3.8) is 0 Å². The van der Waals surface area contributed by atoms with E-state index in [1.54, 1.807) is 6.92 Å². The van der Waals surface area contributed by atoms with E-state index in [1.807, 2.05) is 31.2 Å². The van der Waals surface area contributed by atoms with Gasteiger partial charge in [-0.2, -0.15) is 15.4 Å². The van der Waals surface area contributed by atoms with Gasteiger partial charge in [0.1, 0.15) is 29.6 Å². The van der Waals surface area contributed by atoms with Crippen LogP contribution in [0.25, 0.3) is 22.8 Å². The highest BCUT2D eigenvalue weighted by molar-refractivity contribution is 6.77. The number of aliphatic hydroxyl groups excluding tert-OH is 1. The van der Waals surface area contributed by atoms with Gasteiger partial charge in [0.05, 0.1) is 19.9 Å². The lowest BCUT2D eigenvalue weighted by Crippen LogP contribution is -2.30. The number of nitrogens with zero attached hydrogens (tertiary/aromatic N) is 4. The van der Waals surface area contributed by atoms with E-state index in [9.17, 15) is 5.11 Å². The molecule has 9 nitrogen and oxygen atoms in total. The quantitative estimate of drug-likeness (QED) is 0.358. The van der Waals surface area contributed by atoms with Gasteiger partial charge in [0.2, 0.25) is 0 Å². The second-order valence-electron chi connectivity index (χ2n) is 10.7. The number of rotatable bonds is 9. The van der Waals surface area contributed by atoms with Gasteiger partial charge in [-0.3, -0.25) is 0 Å². The second kappa shape index (κ2) is 11.1. The molecule has 0 spiro atoms. The van der Waals surface area contributed by atoms with E-state index in [4.69, 9.17) is 19.4 Å². The minimum absolute atomic E-state index is 0.219. The summed E-state index contributed by atoms with van der Waals surface area (Å²) in [5.74, 6) is 2.04. The molecule has 2 atom stereocenters. The van der Waals surface area contributed by atoms with Crippen molar-refractivity contribution in [3.05, 3.63) is 35.5 Å². The van der Waals surface area contributed by atoms with E-state index in [2.05, 4.69) is 47.3 Å². The van der Waals surface area contributed by atoms with Crippen LogP contribution in [0, 0.1) is 6.92 Å². The Labute approximate surface area is 214 Å². The van der Waals surface area contributed by atoms with E-state index >= 15 is 0 Å². The lowest BCUT2D eigenvalue weighted by molar-refractivity contribution is 0.0904. The van der Waals surface area contributed by atoms with E-state index in [0.717, 1.165) is 60.1 Å². The summed E-state index contributed by atoms with van der Waals surface area (Å²) in [6.45, 7) is 14.7. The Balaban J connectivity index is 1.80. The van der Waals surface area contributed by atoms with E-state index in [0.29, 0.717) is 17.1 Å². The number of hydrogen-bond acceptors (Lipinski definition) is 8. The molecule has 3 heterocycles. The fourth-order valence-corrected chi connectivity index (χ4v) is 5.14. The van der Waals surface area contributed by atoms with Crippen LogP contribution in [0.15, 0.2) is 24.3 Å². The maximum atomic E-state index is 9.61. The van der Waals surface area contributed by atoms with Gasteiger partial charge in [-0.25, -0.2) is 9.97 Å². The number of benzene rings is 1. The molecule has 2 aromatic heterocycles. The van der Waals surface area contributed by atoms with Crippen molar-refractivity contribution in [1.29, 1.82) is 0 Å². The Bertz CT molecular complexity index is 1170. The number of H-pyrrole nitrogens is 1. The van der Waals surface area contributed by atoms with Crippen molar-refractivity contribution >= 4 is 13.9 Å². The van der Waals surface area contributed by atoms with Crippen LogP contribution in [0.2, 0.25) is 19.6 Å². The average molecular weight is 511 g/mol. The number of ether oxygens (including phenoxy) is 2. The molecule has 1 fully saturated rings. The third kappa shape index (κ3) is 6.11. The normalized spacial score (nSPS) is 16.5. The van der Waals surface area contributed by atoms with E-state index in [1.165, 1.54) is 0 Å². The summed E-state index contributed by atoms with van der Waals surface area (Å²) in [4.78, 5) is 9.96. The molecule has 194 valence electrons. The fourth-order valence-electron chi connectivity index (χ4n) is 4.12. The van der Waals surface area contributed by atoms with E-state index in [-0.39, 0.29) is 12.6 Å². The summed E-state index contributed by atoms with van der Waals surface area (Å²) in [7, 11) is -1.53. The van der Waals surface area contributed by atoms with Crippen LogP contribution >= 0.6 is 0 Å². The summed E-state index contributed by atoms with van der Waals surface area (Å²) in [5.41, 5.74) is 4.59. The monoisotopic (exact) mass is 510 g/mol. The highest BCUT2D eigenvalue weighted by Gasteiger charge is 2.31. The van der Waals surface area contributed by atoms with Gasteiger partial charge in [-0.15, -0.1) is 0 Å². The molecule has 3 N–H and O–H groups in total. The van der Waals surface area contributed by atoms with Crippen LogP contribution in [0.1, 0.15) is 43.5 Å². The van der Waals surface area contributed by atoms with Gasteiger partial charge in [0.25, 0.3) is 0 Å². The number of aromatic nitrogens is 5. The average Bonchev–Trinajstić information content (AvgIpc) is 3.33.